The highest BCUT2D eigenvalue weighted by atomic mass is 15.1. The van der Waals surface area contributed by atoms with Crippen LogP contribution in [0, 0.1) is 0 Å². The van der Waals surface area contributed by atoms with Gasteiger partial charge in [0.15, 0.2) is 0 Å². The summed E-state index contributed by atoms with van der Waals surface area (Å²) in [6.45, 7) is 5.42. The predicted octanol–water partition coefficient (Wildman–Crippen LogP) is 3.33. The van der Waals surface area contributed by atoms with Crippen LogP contribution in [0.1, 0.15) is 52.4 Å². The third-order valence-electron chi connectivity index (χ3n) is 2.39. The Hall–Kier alpha value is -0.530. The van der Waals surface area contributed by atoms with Crippen molar-refractivity contribution in [1.82, 2.24) is 4.90 Å². The van der Waals surface area contributed by atoms with Gasteiger partial charge >= 0.3 is 0 Å². The summed E-state index contributed by atoms with van der Waals surface area (Å²) in [5.41, 5.74) is 0. The molecule has 0 fully saturated rings. The lowest BCUT2D eigenvalue weighted by Crippen LogP contribution is -2.21. The van der Waals surface area contributed by atoms with Gasteiger partial charge in [-0.25, -0.2) is 0 Å². The first-order valence-electron chi connectivity index (χ1n) is 5.93. The molecule has 0 aromatic carbocycles. The highest BCUT2D eigenvalue weighted by Crippen LogP contribution is 2.02. The molecule has 0 amide bonds. The van der Waals surface area contributed by atoms with Gasteiger partial charge in [-0.15, -0.1) is 0 Å². The van der Waals surface area contributed by atoms with Gasteiger partial charge in [-0.3, -0.25) is 4.99 Å². The molecule has 0 aliphatic heterocycles. The summed E-state index contributed by atoms with van der Waals surface area (Å²) in [6, 6.07) is 0. The topological polar surface area (TPSA) is 15.6 Å². The molecule has 2 heteroatoms. The van der Waals surface area contributed by atoms with E-state index in [1.165, 1.54) is 37.9 Å². The smallest absolute Gasteiger partial charge is 0.0980 e. The molecule has 0 N–H and O–H groups in total. The zero-order chi connectivity index (χ0) is 10.8. The molecule has 0 spiro atoms. The Morgan fingerprint density at radius 2 is 1.64 bits per heavy atom. The number of hydrogen-bond donors (Lipinski definition) is 0. The zero-order valence-corrected chi connectivity index (χ0v) is 10.3. The summed E-state index contributed by atoms with van der Waals surface area (Å²) in [7, 11) is 4.14. The molecular formula is C12H26N2. The standard InChI is InChI=1S/C12H26N2/c1-5-7-8-9-10-11-13-12(6-2)14(3)4/h5-11H2,1-4H3. The largest absolute Gasteiger partial charge is 0.367 e. The normalized spacial score (nSPS) is 11.9. The maximum atomic E-state index is 4.58. The van der Waals surface area contributed by atoms with E-state index in [4.69, 9.17) is 0 Å². The van der Waals surface area contributed by atoms with Crippen LogP contribution in [0.3, 0.4) is 0 Å². The molecule has 0 aromatic rings. The van der Waals surface area contributed by atoms with Crippen LogP contribution in [-0.2, 0) is 0 Å². The predicted molar refractivity (Wildman–Crippen MR) is 65.0 cm³/mol. The fourth-order valence-corrected chi connectivity index (χ4v) is 1.49. The van der Waals surface area contributed by atoms with Gasteiger partial charge in [-0.2, -0.15) is 0 Å². The van der Waals surface area contributed by atoms with E-state index in [1.807, 2.05) is 0 Å². The third kappa shape index (κ3) is 6.93. The monoisotopic (exact) mass is 198 g/mol. The number of unbranched alkanes of at least 4 members (excludes halogenated alkanes) is 4. The molecule has 0 saturated carbocycles. The van der Waals surface area contributed by atoms with Crippen molar-refractivity contribution < 1.29 is 0 Å². The van der Waals surface area contributed by atoms with Gasteiger partial charge in [-0.05, 0) is 6.42 Å². The van der Waals surface area contributed by atoms with E-state index in [2.05, 4.69) is 37.8 Å². The van der Waals surface area contributed by atoms with Gasteiger partial charge < -0.3 is 4.90 Å². The number of hydrogen-bond acceptors (Lipinski definition) is 1. The molecule has 2 nitrogen and oxygen atoms in total. The van der Waals surface area contributed by atoms with Crippen molar-refractivity contribution in [2.45, 2.75) is 52.4 Å². The van der Waals surface area contributed by atoms with Gasteiger partial charge in [0.05, 0.1) is 5.84 Å². The number of aliphatic imine (C=N–C) groups is 1. The number of amidine groups is 1. The van der Waals surface area contributed by atoms with E-state index in [0.717, 1.165) is 13.0 Å². The lowest BCUT2D eigenvalue weighted by Gasteiger charge is -2.13. The molecule has 0 unspecified atom stereocenters. The summed E-state index contributed by atoms with van der Waals surface area (Å²) in [4.78, 5) is 6.70. The molecule has 0 atom stereocenters. The highest BCUT2D eigenvalue weighted by molar-refractivity contribution is 5.81. The van der Waals surface area contributed by atoms with E-state index >= 15 is 0 Å². The van der Waals surface area contributed by atoms with Crippen molar-refractivity contribution in [2.24, 2.45) is 4.99 Å². The number of rotatable bonds is 7. The third-order valence-corrected chi connectivity index (χ3v) is 2.39. The van der Waals surface area contributed by atoms with Crippen molar-refractivity contribution >= 4 is 5.84 Å². The van der Waals surface area contributed by atoms with E-state index in [9.17, 15) is 0 Å². The summed E-state index contributed by atoms with van der Waals surface area (Å²) >= 11 is 0. The van der Waals surface area contributed by atoms with Gasteiger partial charge in [0.25, 0.3) is 0 Å². The molecule has 14 heavy (non-hydrogen) atoms. The number of nitrogens with zero attached hydrogens (tertiary/aromatic N) is 2. The van der Waals surface area contributed by atoms with Gasteiger partial charge in [0, 0.05) is 27.1 Å². The summed E-state index contributed by atoms with van der Waals surface area (Å²) in [6.07, 6.45) is 7.69. The first-order chi connectivity index (χ1) is 6.72. The lowest BCUT2D eigenvalue weighted by molar-refractivity contribution is 0.593. The molecular weight excluding hydrogens is 172 g/mol. The second-order valence-electron chi connectivity index (χ2n) is 3.96. The molecule has 0 aliphatic carbocycles. The minimum atomic E-state index is 1.01. The van der Waals surface area contributed by atoms with Crippen LogP contribution in [0.2, 0.25) is 0 Å². The summed E-state index contributed by atoms with van der Waals surface area (Å²) in [5, 5.41) is 0. The minimum Gasteiger partial charge on any atom is -0.367 e. The van der Waals surface area contributed by atoms with Crippen LogP contribution in [0.15, 0.2) is 4.99 Å². The van der Waals surface area contributed by atoms with Gasteiger partial charge in [0.2, 0.25) is 0 Å². The second-order valence-corrected chi connectivity index (χ2v) is 3.96. The summed E-state index contributed by atoms with van der Waals surface area (Å²) in [5.74, 6) is 1.22. The SMILES string of the molecule is CCCCCCCN=C(CC)N(C)C. The molecule has 0 saturated heterocycles. The average Bonchev–Trinajstić information content (AvgIpc) is 2.16. The highest BCUT2D eigenvalue weighted by Gasteiger charge is 1.96. The fourth-order valence-electron chi connectivity index (χ4n) is 1.49. The Morgan fingerprint density at radius 1 is 1.00 bits per heavy atom. The van der Waals surface area contributed by atoms with Crippen LogP contribution in [0.4, 0.5) is 0 Å². The van der Waals surface area contributed by atoms with E-state index in [1.54, 1.807) is 0 Å². The molecule has 84 valence electrons. The first kappa shape index (κ1) is 13.5. The molecule has 0 heterocycles. The zero-order valence-electron chi connectivity index (χ0n) is 10.3. The maximum absolute atomic E-state index is 4.58. The average molecular weight is 198 g/mol. The molecule has 0 rings (SSSR count). The van der Waals surface area contributed by atoms with Crippen molar-refractivity contribution in [3.8, 4) is 0 Å². The van der Waals surface area contributed by atoms with E-state index < -0.39 is 0 Å². The quantitative estimate of drug-likeness (QED) is 0.348. The van der Waals surface area contributed by atoms with E-state index in [-0.39, 0.29) is 0 Å². The van der Waals surface area contributed by atoms with Crippen LogP contribution >= 0.6 is 0 Å². The Kier molecular flexibility index (Phi) is 8.70. The van der Waals surface area contributed by atoms with Crippen molar-refractivity contribution in [3.63, 3.8) is 0 Å². The van der Waals surface area contributed by atoms with Gasteiger partial charge in [-0.1, -0.05) is 39.5 Å². The lowest BCUT2D eigenvalue weighted by atomic mass is 10.1. The van der Waals surface area contributed by atoms with E-state index in [0.29, 0.717) is 0 Å². The Labute approximate surface area is 89.4 Å². The Balaban J connectivity index is 3.48. The molecule has 0 bridgehead atoms. The van der Waals surface area contributed by atoms with Crippen LogP contribution in [0.5, 0.6) is 0 Å². The fraction of sp³-hybridized carbons (Fsp3) is 0.917. The van der Waals surface area contributed by atoms with Crippen LogP contribution in [0.25, 0.3) is 0 Å². The molecule has 0 aromatic heterocycles. The summed E-state index contributed by atoms with van der Waals surface area (Å²) < 4.78 is 0. The first-order valence-corrected chi connectivity index (χ1v) is 5.93. The second kappa shape index (κ2) is 9.04. The van der Waals surface area contributed by atoms with Crippen molar-refractivity contribution in [2.75, 3.05) is 20.6 Å². The molecule has 0 aliphatic rings. The van der Waals surface area contributed by atoms with Crippen LogP contribution < -0.4 is 0 Å². The van der Waals surface area contributed by atoms with Crippen LogP contribution in [-0.4, -0.2) is 31.4 Å². The van der Waals surface area contributed by atoms with Gasteiger partial charge in [0.1, 0.15) is 0 Å². The van der Waals surface area contributed by atoms with Crippen molar-refractivity contribution in [3.05, 3.63) is 0 Å². The Bertz CT molecular complexity index is 150. The minimum absolute atomic E-state index is 1.01. The van der Waals surface area contributed by atoms with Crippen molar-refractivity contribution in [1.29, 1.82) is 0 Å². The maximum Gasteiger partial charge on any atom is 0.0980 e. The molecule has 0 radical (unpaired) electrons. The Morgan fingerprint density at radius 3 is 2.14 bits per heavy atom.